The standard InChI is InChI=1S/C58H36N2O2/c1-4-18-37(19-5-1)40-24-10-11-27-45(40)54-41(38-20-6-2-7-21-38)34-35-42(39-22-8-3-9-23-39)55(54)58-59-50(48-30-16-28-46-43-25-12-14-32-52(43)61-56(46)48)36-51(60-58)49-31-17-29-47-44-26-13-15-33-53(44)62-57(47)49/h1-36H. The van der Waals surface area contributed by atoms with Gasteiger partial charge in [0.25, 0.3) is 0 Å². The molecule has 0 aliphatic heterocycles. The van der Waals surface area contributed by atoms with Crippen LogP contribution < -0.4 is 0 Å². The molecule has 9 aromatic carbocycles. The van der Waals surface area contributed by atoms with Gasteiger partial charge in [0.15, 0.2) is 5.82 Å². The second kappa shape index (κ2) is 14.7. The van der Waals surface area contributed by atoms with Gasteiger partial charge in [0.05, 0.1) is 11.4 Å². The van der Waals surface area contributed by atoms with Crippen molar-refractivity contribution in [3.05, 3.63) is 218 Å². The predicted octanol–water partition coefficient (Wildman–Crippen LogP) is 15.9. The van der Waals surface area contributed by atoms with E-state index in [2.05, 4.69) is 194 Å². The van der Waals surface area contributed by atoms with Gasteiger partial charge in [0, 0.05) is 43.8 Å². The van der Waals surface area contributed by atoms with E-state index >= 15 is 0 Å². The van der Waals surface area contributed by atoms with Crippen LogP contribution in [0.25, 0.3) is 122 Å². The average molecular weight is 793 g/mol. The Bertz CT molecular complexity index is 3490. The van der Waals surface area contributed by atoms with Crippen LogP contribution in [0.15, 0.2) is 227 Å². The maximum atomic E-state index is 6.69. The van der Waals surface area contributed by atoms with Crippen molar-refractivity contribution in [2.75, 3.05) is 0 Å². The Morgan fingerprint density at radius 1 is 0.274 bits per heavy atom. The van der Waals surface area contributed by atoms with Gasteiger partial charge in [0.1, 0.15) is 22.3 Å². The Morgan fingerprint density at radius 3 is 1.18 bits per heavy atom. The van der Waals surface area contributed by atoms with Gasteiger partial charge in [-0.05, 0) is 69.3 Å². The molecule has 4 nitrogen and oxygen atoms in total. The highest BCUT2D eigenvalue weighted by atomic mass is 16.3. The Hall–Kier alpha value is -8.34. The monoisotopic (exact) mass is 792 g/mol. The molecule has 0 bridgehead atoms. The van der Waals surface area contributed by atoms with Gasteiger partial charge in [-0.1, -0.05) is 188 Å². The zero-order valence-electron chi connectivity index (χ0n) is 33.5. The third-order valence-corrected chi connectivity index (χ3v) is 12.0. The van der Waals surface area contributed by atoms with E-state index in [1.807, 2.05) is 24.3 Å². The van der Waals surface area contributed by atoms with E-state index in [9.17, 15) is 0 Å². The fraction of sp³-hybridized carbons (Fsp3) is 0. The molecule has 0 fully saturated rings. The van der Waals surface area contributed by atoms with E-state index in [-0.39, 0.29) is 0 Å². The summed E-state index contributed by atoms with van der Waals surface area (Å²) >= 11 is 0. The topological polar surface area (TPSA) is 52.1 Å². The lowest BCUT2D eigenvalue weighted by Crippen LogP contribution is -2.02. The van der Waals surface area contributed by atoms with Crippen molar-refractivity contribution in [3.63, 3.8) is 0 Å². The molecule has 0 saturated heterocycles. The summed E-state index contributed by atoms with van der Waals surface area (Å²) in [6.45, 7) is 0. The molecule has 0 spiro atoms. The minimum atomic E-state index is 0.591. The SMILES string of the molecule is c1ccc(-c2ccccc2-c2c(-c3ccccc3)ccc(-c3ccccc3)c2-c2nc(-c3cccc4c3oc3ccccc34)cc(-c3cccc4c3oc3ccccc34)n2)cc1. The summed E-state index contributed by atoms with van der Waals surface area (Å²) in [5, 5.41) is 4.20. The molecule has 0 aliphatic rings. The summed E-state index contributed by atoms with van der Waals surface area (Å²) < 4.78 is 13.4. The molecule has 0 radical (unpaired) electrons. The van der Waals surface area contributed by atoms with E-state index in [1.165, 1.54) is 0 Å². The third-order valence-electron chi connectivity index (χ3n) is 12.0. The summed E-state index contributed by atoms with van der Waals surface area (Å²) in [6, 6.07) is 76.2. The van der Waals surface area contributed by atoms with E-state index in [0.717, 1.165) is 116 Å². The Kier molecular flexibility index (Phi) is 8.46. The lowest BCUT2D eigenvalue weighted by molar-refractivity contribution is 0.669. The minimum absolute atomic E-state index is 0.591. The van der Waals surface area contributed by atoms with Gasteiger partial charge >= 0.3 is 0 Å². The number of fused-ring (bicyclic) bond motifs is 6. The molecule has 0 amide bonds. The average Bonchev–Trinajstić information content (AvgIpc) is 3.93. The van der Waals surface area contributed by atoms with Gasteiger partial charge in [0.2, 0.25) is 0 Å². The molecule has 4 heteroatoms. The second-order valence-corrected chi connectivity index (χ2v) is 15.6. The van der Waals surface area contributed by atoms with Gasteiger partial charge < -0.3 is 8.83 Å². The highest BCUT2D eigenvalue weighted by Crippen LogP contribution is 2.49. The van der Waals surface area contributed by atoms with E-state index < -0.39 is 0 Å². The molecule has 0 saturated carbocycles. The zero-order valence-corrected chi connectivity index (χ0v) is 33.5. The molecule has 12 rings (SSSR count). The van der Waals surface area contributed by atoms with Crippen molar-refractivity contribution < 1.29 is 8.83 Å². The molecular formula is C58H36N2O2. The molecular weight excluding hydrogens is 757 g/mol. The fourth-order valence-electron chi connectivity index (χ4n) is 9.13. The Morgan fingerprint density at radius 2 is 0.661 bits per heavy atom. The largest absolute Gasteiger partial charge is 0.455 e. The molecule has 0 atom stereocenters. The summed E-state index contributed by atoms with van der Waals surface area (Å²) in [5.41, 5.74) is 16.0. The van der Waals surface area contributed by atoms with Crippen LogP contribution in [-0.4, -0.2) is 9.97 Å². The zero-order chi connectivity index (χ0) is 41.0. The second-order valence-electron chi connectivity index (χ2n) is 15.6. The van der Waals surface area contributed by atoms with Gasteiger partial charge in [-0.2, -0.15) is 0 Å². The predicted molar refractivity (Wildman–Crippen MR) is 255 cm³/mol. The molecule has 62 heavy (non-hydrogen) atoms. The Labute approximate surface area is 358 Å². The van der Waals surface area contributed by atoms with Crippen molar-refractivity contribution in [1.82, 2.24) is 9.97 Å². The maximum absolute atomic E-state index is 6.69. The van der Waals surface area contributed by atoms with Crippen molar-refractivity contribution in [3.8, 4) is 78.4 Å². The number of rotatable bonds is 7. The van der Waals surface area contributed by atoms with Gasteiger partial charge in [-0.25, -0.2) is 9.97 Å². The summed E-state index contributed by atoms with van der Waals surface area (Å²) in [4.78, 5) is 11.3. The molecule has 0 N–H and O–H groups in total. The normalized spacial score (nSPS) is 11.5. The van der Waals surface area contributed by atoms with E-state index in [0.29, 0.717) is 5.82 Å². The van der Waals surface area contributed by atoms with Crippen LogP contribution in [0.1, 0.15) is 0 Å². The summed E-state index contributed by atoms with van der Waals surface area (Å²) in [5.74, 6) is 0.591. The molecule has 3 aromatic heterocycles. The van der Waals surface area contributed by atoms with Crippen LogP contribution in [-0.2, 0) is 0 Å². The van der Waals surface area contributed by atoms with Crippen molar-refractivity contribution in [1.29, 1.82) is 0 Å². The van der Waals surface area contributed by atoms with Gasteiger partial charge in [-0.15, -0.1) is 0 Å². The number of furan rings is 2. The minimum Gasteiger partial charge on any atom is -0.455 e. The first-order valence-electron chi connectivity index (χ1n) is 20.9. The lowest BCUT2D eigenvalue weighted by Gasteiger charge is -2.22. The fourth-order valence-corrected chi connectivity index (χ4v) is 9.13. The van der Waals surface area contributed by atoms with Crippen LogP contribution in [0.2, 0.25) is 0 Å². The third kappa shape index (κ3) is 5.92. The number of hydrogen-bond acceptors (Lipinski definition) is 4. The van der Waals surface area contributed by atoms with Crippen molar-refractivity contribution >= 4 is 43.9 Å². The lowest BCUT2D eigenvalue weighted by atomic mass is 9.82. The molecule has 290 valence electrons. The first-order valence-corrected chi connectivity index (χ1v) is 20.9. The van der Waals surface area contributed by atoms with Crippen LogP contribution in [0.5, 0.6) is 0 Å². The molecule has 0 aliphatic carbocycles. The summed E-state index contributed by atoms with van der Waals surface area (Å²) in [6.07, 6.45) is 0. The number of benzene rings is 9. The highest BCUT2D eigenvalue weighted by Gasteiger charge is 2.26. The number of hydrogen-bond donors (Lipinski definition) is 0. The molecule has 12 aromatic rings. The van der Waals surface area contributed by atoms with Crippen molar-refractivity contribution in [2.24, 2.45) is 0 Å². The number of aromatic nitrogens is 2. The molecule has 0 unspecified atom stereocenters. The maximum Gasteiger partial charge on any atom is 0.161 e. The van der Waals surface area contributed by atoms with E-state index in [4.69, 9.17) is 18.8 Å². The molecule has 3 heterocycles. The van der Waals surface area contributed by atoms with Crippen LogP contribution in [0.4, 0.5) is 0 Å². The van der Waals surface area contributed by atoms with E-state index in [1.54, 1.807) is 0 Å². The van der Waals surface area contributed by atoms with Gasteiger partial charge in [-0.3, -0.25) is 0 Å². The van der Waals surface area contributed by atoms with Crippen molar-refractivity contribution in [2.45, 2.75) is 0 Å². The highest BCUT2D eigenvalue weighted by molar-refractivity contribution is 6.12. The first kappa shape index (κ1) is 35.6. The van der Waals surface area contributed by atoms with Crippen LogP contribution in [0.3, 0.4) is 0 Å². The first-order chi connectivity index (χ1) is 30.8. The number of nitrogens with zero attached hydrogens (tertiary/aromatic N) is 2. The smallest absolute Gasteiger partial charge is 0.161 e. The number of para-hydroxylation sites is 4. The van der Waals surface area contributed by atoms with Crippen LogP contribution in [0, 0.1) is 0 Å². The van der Waals surface area contributed by atoms with Crippen LogP contribution >= 0.6 is 0 Å². The summed E-state index contributed by atoms with van der Waals surface area (Å²) in [7, 11) is 0. The Balaban J connectivity index is 1.24. The quantitative estimate of drug-likeness (QED) is 0.161.